The van der Waals surface area contributed by atoms with Crippen LogP contribution in [0.25, 0.3) is 0 Å². The van der Waals surface area contributed by atoms with Crippen LogP contribution in [0.3, 0.4) is 0 Å². The average Bonchev–Trinajstić information content (AvgIpc) is 3.08. The number of nitrogens with two attached hydrogens (primary N) is 1. The van der Waals surface area contributed by atoms with E-state index in [1.807, 2.05) is 13.8 Å². The Balaban J connectivity index is 1.49. The fraction of sp³-hybridized carbons (Fsp3) is 0.808. The third-order valence-corrected chi connectivity index (χ3v) is 9.79. The van der Waals surface area contributed by atoms with Crippen molar-refractivity contribution >= 4 is 17.4 Å². The number of fused-ring (bicyclic) bond motifs is 5. The molecule has 1 amide bonds. The Bertz CT molecular complexity index is 815. The van der Waals surface area contributed by atoms with Crippen molar-refractivity contribution in [3.05, 3.63) is 11.6 Å². The van der Waals surface area contributed by atoms with Crippen LogP contribution in [0, 0.1) is 40.4 Å². The van der Waals surface area contributed by atoms with Gasteiger partial charge in [0.2, 0.25) is 0 Å². The third-order valence-electron chi connectivity index (χ3n) is 9.79. The average molecular weight is 428 g/mol. The minimum Gasteiger partial charge on any atom is -0.320 e. The van der Waals surface area contributed by atoms with Gasteiger partial charge in [0.15, 0.2) is 0 Å². The number of allylic oxidation sites excluding steroid dienone is 2. The van der Waals surface area contributed by atoms with Gasteiger partial charge in [-0.1, -0.05) is 39.3 Å². The molecule has 4 aliphatic rings. The first-order valence-electron chi connectivity index (χ1n) is 12.4. The lowest BCUT2D eigenvalue weighted by molar-refractivity contribution is -0.127. The second-order valence-corrected chi connectivity index (χ2v) is 11.6. The second-order valence-electron chi connectivity index (χ2n) is 11.6. The van der Waals surface area contributed by atoms with Crippen LogP contribution in [0.5, 0.6) is 0 Å². The Morgan fingerprint density at radius 1 is 1.16 bits per heavy atom. The first kappa shape index (κ1) is 22.7. The number of amides is 1. The SMILES string of the molecule is CC(=O)[C@H]1CCC2C3CC=C4C/C(=N/NC(=O)[C@@H](N)C(C)C)CC[C@]4(C)C3CC[C@@]21C. The highest BCUT2D eigenvalue weighted by molar-refractivity contribution is 5.90. The molecular weight excluding hydrogens is 386 g/mol. The molecule has 4 aliphatic carbocycles. The molecule has 0 aromatic heterocycles. The zero-order valence-corrected chi connectivity index (χ0v) is 20.0. The van der Waals surface area contributed by atoms with Gasteiger partial charge in [0.25, 0.3) is 5.91 Å². The maximum atomic E-state index is 12.3. The quantitative estimate of drug-likeness (QED) is 0.507. The molecule has 3 unspecified atom stereocenters. The molecule has 3 N–H and O–H groups in total. The molecule has 0 radical (unpaired) electrons. The van der Waals surface area contributed by atoms with E-state index >= 15 is 0 Å². The van der Waals surface area contributed by atoms with E-state index in [1.54, 1.807) is 6.92 Å². The van der Waals surface area contributed by atoms with Gasteiger partial charge in [-0.05, 0) is 86.4 Å². The lowest BCUT2D eigenvalue weighted by atomic mass is 9.47. The maximum absolute atomic E-state index is 12.3. The van der Waals surface area contributed by atoms with Crippen LogP contribution in [0.1, 0.15) is 86.0 Å². The van der Waals surface area contributed by atoms with Crippen LogP contribution in [-0.4, -0.2) is 23.4 Å². The zero-order chi connectivity index (χ0) is 22.6. The van der Waals surface area contributed by atoms with Crippen molar-refractivity contribution in [2.75, 3.05) is 0 Å². The van der Waals surface area contributed by atoms with Crippen molar-refractivity contribution in [3.63, 3.8) is 0 Å². The number of rotatable bonds is 4. The summed E-state index contributed by atoms with van der Waals surface area (Å²) < 4.78 is 0. The first-order chi connectivity index (χ1) is 14.6. The molecule has 0 bridgehead atoms. The van der Waals surface area contributed by atoms with E-state index in [0.29, 0.717) is 23.5 Å². The number of ketones is 1. The topological polar surface area (TPSA) is 84.5 Å². The summed E-state index contributed by atoms with van der Waals surface area (Å²) in [4.78, 5) is 24.5. The molecule has 5 heteroatoms. The highest BCUT2D eigenvalue weighted by atomic mass is 16.2. The lowest BCUT2D eigenvalue weighted by Crippen LogP contribution is -2.50. The molecule has 172 valence electrons. The smallest absolute Gasteiger partial charge is 0.257 e. The van der Waals surface area contributed by atoms with E-state index in [2.05, 4.69) is 30.5 Å². The van der Waals surface area contributed by atoms with Gasteiger partial charge < -0.3 is 5.73 Å². The van der Waals surface area contributed by atoms with Gasteiger partial charge in [-0.15, -0.1) is 0 Å². The van der Waals surface area contributed by atoms with Crippen LogP contribution in [0.4, 0.5) is 0 Å². The van der Waals surface area contributed by atoms with Crippen LogP contribution in [0.15, 0.2) is 16.8 Å². The molecule has 31 heavy (non-hydrogen) atoms. The minimum atomic E-state index is -0.519. The Morgan fingerprint density at radius 3 is 2.58 bits per heavy atom. The summed E-state index contributed by atoms with van der Waals surface area (Å²) in [7, 11) is 0. The number of nitrogens with zero attached hydrogens (tertiary/aromatic N) is 1. The number of carbonyl (C=O) groups is 2. The lowest BCUT2D eigenvalue weighted by Gasteiger charge is -2.57. The fourth-order valence-electron chi connectivity index (χ4n) is 7.76. The van der Waals surface area contributed by atoms with E-state index in [9.17, 15) is 9.59 Å². The first-order valence-corrected chi connectivity index (χ1v) is 12.4. The van der Waals surface area contributed by atoms with Gasteiger partial charge in [0.05, 0.1) is 6.04 Å². The summed E-state index contributed by atoms with van der Waals surface area (Å²) in [6, 6.07) is -0.519. The second kappa shape index (κ2) is 8.13. The molecule has 0 heterocycles. The van der Waals surface area contributed by atoms with Crippen LogP contribution < -0.4 is 11.2 Å². The summed E-state index contributed by atoms with van der Waals surface area (Å²) in [6.07, 6.45) is 11.3. The molecule has 3 fully saturated rings. The Kier molecular flexibility index (Phi) is 5.95. The van der Waals surface area contributed by atoms with E-state index in [-0.39, 0.29) is 28.6 Å². The summed E-state index contributed by atoms with van der Waals surface area (Å²) >= 11 is 0. The highest BCUT2D eigenvalue weighted by Crippen LogP contribution is 2.66. The molecule has 0 spiro atoms. The molecule has 4 rings (SSSR count). The molecule has 5 nitrogen and oxygen atoms in total. The predicted octanol–water partition coefficient (Wildman–Crippen LogP) is 4.61. The Hall–Kier alpha value is -1.49. The molecule has 0 aliphatic heterocycles. The Labute approximate surface area is 187 Å². The maximum Gasteiger partial charge on any atom is 0.257 e. The van der Waals surface area contributed by atoms with Crippen molar-refractivity contribution in [3.8, 4) is 0 Å². The summed E-state index contributed by atoms with van der Waals surface area (Å²) in [5.74, 6) is 2.67. The molecule has 0 aromatic rings. The van der Waals surface area contributed by atoms with Crippen molar-refractivity contribution in [1.82, 2.24) is 5.43 Å². The number of hydrogen-bond acceptors (Lipinski definition) is 4. The monoisotopic (exact) mass is 427 g/mol. The highest BCUT2D eigenvalue weighted by Gasteiger charge is 2.59. The molecule has 0 aromatic carbocycles. The summed E-state index contributed by atoms with van der Waals surface area (Å²) in [6.45, 7) is 10.6. The minimum absolute atomic E-state index is 0.100. The van der Waals surface area contributed by atoms with Gasteiger partial charge >= 0.3 is 0 Å². The largest absolute Gasteiger partial charge is 0.320 e. The molecule has 0 saturated heterocycles. The van der Waals surface area contributed by atoms with Crippen molar-refractivity contribution in [2.24, 2.45) is 51.3 Å². The fourth-order valence-corrected chi connectivity index (χ4v) is 7.76. The van der Waals surface area contributed by atoms with E-state index in [1.165, 1.54) is 24.8 Å². The van der Waals surface area contributed by atoms with Gasteiger partial charge in [-0.2, -0.15) is 5.10 Å². The Morgan fingerprint density at radius 2 is 1.90 bits per heavy atom. The molecular formula is C26H41N3O2. The number of Topliss-reactive ketones (excluding diaryl/α,β-unsaturated/α-hetero) is 1. The van der Waals surface area contributed by atoms with E-state index in [0.717, 1.165) is 37.8 Å². The van der Waals surface area contributed by atoms with Crippen molar-refractivity contribution in [1.29, 1.82) is 0 Å². The van der Waals surface area contributed by atoms with Crippen LogP contribution in [0.2, 0.25) is 0 Å². The van der Waals surface area contributed by atoms with E-state index < -0.39 is 6.04 Å². The van der Waals surface area contributed by atoms with E-state index in [4.69, 9.17) is 5.73 Å². The van der Waals surface area contributed by atoms with Gasteiger partial charge in [0, 0.05) is 18.1 Å². The number of hydrogen-bond donors (Lipinski definition) is 2. The zero-order valence-electron chi connectivity index (χ0n) is 20.0. The van der Waals surface area contributed by atoms with Crippen LogP contribution in [-0.2, 0) is 9.59 Å². The normalized spacial score (nSPS) is 41.8. The molecule has 7 atom stereocenters. The van der Waals surface area contributed by atoms with Crippen molar-refractivity contribution < 1.29 is 9.59 Å². The number of carbonyl (C=O) groups excluding carboxylic acids is 2. The van der Waals surface area contributed by atoms with Gasteiger partial charge in [-0.25, -0.2) is 5.43 Å². The van der Waals surface area contributed by atoms with Crippen LogP contribution >= 0.6 is 0 Å². The van der Waals surface area contributed by atoms with Gasteiger partial charge in [0.1, 0.15) is 5.78 Å². The number of hydrazone groups is 1. The third kappa shape index (κ3) is 3.71. The number of nitrogens with one attached hydrogen (secondary N) is 1. The molecule has 3 saturated carbocycles. The summed E-state index contributed by atoms with van der Waals surface area (Å²) in [5.41, 5.74) is 11.7. The standard InChI is InChI=1S/C26H41N3O2/c1-15(2)23(27)24(31)29-28-18-10-12-25(4)17(14-18)6-7-19-21-9-8-20(16(3)30)26(21,5)13-11-22(19)25/h6,15,19-23H,7-14,27H2,1-5H3,(H,29,31)/b28-18+/t19?,20-,21?,22?,23+,25+,26-/m1/s1. The van der Waals surface area contributed by atoms with Crippen molar-refractivity contribution in [2.45, 2.75) is 92.0 Å². The predicted molar refractivity (Wildman–Crippen MR) is 124 cm³/mol. The summed E-state index contributed by atoms with van der Waals surface area (Å²) in [5, 5.41) is 4.47. The van der Waals surface area contributed by atoms with Gasteiger partial charge in [-0.3, -0.25) is 9.59 Å².